The summed E-state index contributed by atoms with van der Waals surface area (Å²) in [4.78, 5) is 38.4. The van der Waals surface area contributed by atoms with Crippen LogP contribution in [0.3, 0.4) is 0 Å². The van der Waals surface area contributed by atoms with Crippen LogP contribution in [0.15, 0.2) is 48.1 Å². The molecule has 6 rings (SSSR count). The highest BCUT2D eigenvalue weighted by atomic mass is 32.1. The lowest BCUT2D eigenvalue weighted by Gasteiger charge is -2.36. The highest BCUT2D eigenvalue weighted by molar-refractivity contribution is 7.15. The van der Waals surface area contributed by atoms with E-state index in [9.17, 15) is 9.59 Å². The van der Waals surface area contributed by atoms with Gasteiger partial charge in [-0.2, -0.15) is 5.26 Å². The average molecular weight is 545 g/mol. The molecule has 2 aromatic rings. The molecule has 1 aromatic heterocycles. The normalized spacial score (nSPS) is 23.4. The number of urea groups is 1. The van der Waals surface area contributed by atoms with Crippen LogP contribution < -0.4 is 5.32 Å². The van der Waals surface area contributed by atoms with Crippen molar-refractivity contribution in [3.05, 3.63) is 69.8 Å². The summed E-state index contributed by atoms with van der Waals surface area (Å²) >= 11 is 1.59. The molecule has 1 unspecified atom stereocenters. The second-order valence-electron chi connectivity index (χ2n) is 10.4. The fourth-order valence-electron chi connectivity index (χ4n) is 5.84. The number of allylic oxidation sites excluding steroid dienone is 2. The molecule has 1 N–H and O–H groups in total. The first kappa shape index (κ1) is 25.7. The molecule has 0 saturated carbocycles. The van der Waals surface area contributed by atoms with Crippen molar-refractivity contribution in [3.63, 3.8) is 0 Å². The summed E-state index contributed by atoms with van der Waals surface area (Å²) in [7, 11) is 0. The third-order valence-corrected chi connectivity index (χ3v) is 9.03. The topological polar surface area (TPSA) is 102 Å². The molecule has 0 bridgehead atoms. The van der Waals surface area contributed by atoms with Crippen LogP contribution in [0.25, 0.3) is 0 Å². The highest BCUT2D eigenvalue weighted by Gasteiger charge is 2.33. The van der Waals surface area contributed by atoms with E-state index in [2.05, 4.69) is 16.3 Å². The molecule has 2 aliphatic heterocycles. The Morgan fingerprint density at radius 3 is 2.90 bits per heavy atom. The number of carbonyl (C=O) groups is 2. The van der Waals surface area contributed by atoms with E-state index in [-0.39, 0.29) is 18.0 Å². The van der Waals surface area contributed by atoms with Crippen molar-refractivity contribution in [2.24, 2.45) is 0 Å². The van der Waals surface area contributed by atoms with E-state index in [4.69, 9.17) is 15.0 Å². The molecule has 202 valence electrons. The fourth-order valence-corrected chi connectivity index (χ4v) is 6.92. The van der Waals surface area contributed by atoms with E-state index in [0.29, 0.717) is 48.4 Å². The Labute approximate surface area is 232 Å². The summed E-state index contributed by atoms with van der Waals surface area (Å²) in [6.07, 6.45) is 9.26. The van der Waals surface area contributed by atoms with Crippen LogP contribution in [0.2, 0.25) is 0 Å². The summed E-state index contributed by atoms with van der Waals surface area (Å²) in [5, 5.41) is 12.7. The van der Waals surface area contributed by atoms with Crippen LogP contribution in [-0.2, 0) is 24.1 Å². The summed E-state index contributed by atoms with van der Waals surface area (Å²) in [6.45, 7) is 5.29. The molecule has 3 heterocycles. The number of morpholine rings is 1. The zero-order valence-corrected chi connectivity index (χ0v) is 22.7. The molecule has 0 radical (unpaired) electrons. The number of anilines is 1. The molecular weight excluding hydrogens is 512 g/mol. The Balaban J connectivity index is 1.06. The molecule has 9 nitrogen and oxygen atoms in total. The average Bonchev–Trinajstić information content (AvgIpc) is 3.55. The van der Waals surface area contributed by atoms with Crippen LogP contribution >= 0.6 is 11.3 Å². The van der Waals surface area contributed by atoms with Gasteiger partial charge in [-0.05, 0) is 49.5 Å². The second kappa shape index (κ2) is 11.3. The number of amides is 3. The lowest BCUT2D eigenvalue weighted by Crippen LogP contribution is -2.45. The Kier molecular flexibility index (Phi) is 7.46. The summed E-state index contributed by atoms with van der Waals surface area (Å²) < 4.78 is 5.50. The van der Waals surface area contributed by atoms with E-state index in [1.54, 1.807) is 23.5 Å². The maximum Gasteiger partial charge on any atom is 0.320 e. The number of hydrogen-bond donors (Lipinski definition) is 1. The quantitative estimate of drug-likeness (QED) is 0.596. The number of nitrogens with one attached hydrogen (secondary N) is 1. The van der Waals surface area contributed by atoms with Crippen molar-refractivity contribution >= 4 is 28.4 Å². The Hall–Kier alpha value is -3.52. The van der Waals surface area contributed by atoms with E-state index in [1.807, 2.05) is 40.2 Å². The molecule has 39 heavy (non-hydrogen) atoms. The molecule has 10 heteroatoms. The molecule has 2 saturated heterocycles. The van der Waals surface area contributed by atoms with Gasteiger partial charge in [-0.1, -0.05) is 24.3 Å². The summed E-state index contributed by atoms with van der Waals surface area (Å²) in [6, 6.07) is 10.1. The van der Waals surface area contributed by atoms with Gasteiger partial charge in [0.25, 0.3) is 5.91 Å². The van der Waals surface area contributed by atoms with Crippen LogP contribution in [0.1, 0.15) is 39.3 Å². The number of hydrogen-bond acceptors (Lipinski definition) is 7. The van der Waals surface area contributed by atoms with Crippen molar-refractivity contribution in [3.8, 4) is 6.07 Å². The summed E-state index contributed by atoms with van der Waals surface area (Å²) in [5.74, 6) is -0.186. The first-order chi connectivity index (χ1) is 19.1. The number of nitriles is 1. The van der Waals surface area contributed by atoms with Gasteiger partial charge in [0.15, 0.2) is 5.13 Å². The minimum absolute atomic E-state index is 0.0166. The summed E-state index contributed by atoms with van der Waals surface area (Å²) in [5.41, 5.74) is 3.22. The lowest BCUT2D eigenvalue weighted by atomic mass is 9.96. The second-order valence-corrected chi connectivity index (χ2v) is 11.5. The van der Waals surface area contributed by atoms with Crippen LogP contribution in [0.5, 0.6) is 0 Å². The van der Waals surface area contributed by atoms with Crippen molar-refractivity contribution in [2.45, 2.75) is 44.3 Å². The number of thiazole rings is 1. The molecule has 3 amide bonds. The maximum atomic E-state index is 13.1. The van der Waals surface area contributed by atoms with Crippen LogP contribution in [0.4, 0.5) is 9.93 Å². The van der Waals surface area contributed by atoms with Gasteiger partial charge in [0.1, 0.15) is 0 Å². The predicted octanol–water partition coefficient (Wildman–Crippen LogP) is 3.60. The molecule has 2 aliphatic carbocycles. The SMILES string of the molecule is N#CC1=CCC(N2CCN(Cc3cccc(C(=O)Nc4nc5c(s4)C[C@@H](N4CCOCC4)CC5)c3)C2=O)C=C1. The van der Waals surface area contributed by atoms with E-state index < -0.39 is 0 Å². The standard InChI is InChI=1S/C29H32N6O3S/c30-18-20-4-6-23(7-5-20)35-11-10-34(29(35)37)19-21-2-1-3-22(16-21)27(36)32-28-31-25-9-8-24(17-26(25)39-28)33-12-14-38-15-13-33/h1-6,16,23-24H,7-15,17,19H2,(H,31,32,36)/t23?,24-/m0/s1. The Morgan fingerprint density at radius 1 is 1.23 bits per heavy atom. The third kappa shape index (κ3) is 5.62. The van der Waals surface area contributed by atoms with E-state index >= 15 is 0 Å². The van der Waals surface area contributed by atoms with Gasteiger partial charge in [-0.25, -0.2) is 9.78 Å². The monoisotopic (exact) mass is 544 g/mol. The number of rotatable bonds is 6. The number of benzene rings is 1. The first-order valence-corrected chi connectivity index (χ1v) is 14.4. The van der Waals surface area contributed by atoms with Gasteiger partial charge in [0.2, 0.25) is 0 Å². The first-order valence-electron chi connectivity index (χ1n) is 13.6. The number of aryl methyl sites for hydroxylation is 1. The van der Waals surface area contributed by atoms with E-state index in [1.165, 1.54) is 4.88 Å². The van der Waals surface area contributed by atoms with Crippen LogP contribution in [0, 0.1) is 11.3 Å². The zero-order chi connectivity index (χ0) is 26.8. The zero-order valence-electron chi connectivity index (χ0n) is 21.8. The van der Waals surface area contributed by atoms with Crippen molar-refractivity contribution in [1.29, 1.82) is 5.26 Å². The van der Waals surface area contributed by atoms with Gasteiger partial charge in [-0.15, -0.1) is 11.3 Å². The number of ether oxygens (including phenoxy) is 1. The molecule has 0 spiro atoms. The number of nitrogens with zero attached hydrogens (tertiary/aromatic N) is 5. The van der Waals surface area contributed by atoms with Gasteiger partial charge >= 0.3 is 6.03 Å². The number of carbonyl (C=O) groups excluding carboxylic acids is 2. The fraction of sp³-hybridized carbons (Fsp3) is 0.448. The van der Waals surface area contributed by atoms with Crippen LogP contribution in [-0.4, -0.2) is 83.1 Å². The minimum atomic E-state index is -0.186. The lowest BCUT2D eigenvalue weighted by molar-refractivity contribution is 0.0139. The number of aromatic nitrogens is 1. The van der Waals surface area contributed by atoms with Crippen molar-refractivity contribution < 1.29 is 14.3 Å². The molecule has 2 fully saturated rings. The molecule has 4 aliphatic rings. The molecule has 2 atom stereocenters. The van der Waals surface area contributed by atoms with Crippen molar-refractivity contribution in [1.82, 2.24) is 19.7 Å². The van der Waals surface area contributed by atoms with E-state index in [0.717, 1.165) is 56.8 Å². The molecule has 1 aromatic carbocycles. The smallest absolute Gasteiger partial charge is 0.320 e. The van der Waals surface area contributed by atoms with Gasteiger partial charge < -0.3 is 14.5 Å². The van der Waals surface area contributed by atoms with Crippen molar-refractivity contribution in [2.75, 3.05) is 44.7 Å². The predicted molar refractivity (Wildman–Crippen MR) is 148 cm³/mol. The highest BCUT2D eigenvalue weighted by Crippen LogP contribution is 2.32. The molecular formula is C29H32N6O3S. The minimum Gasteiger partial charge on any atom is -0.379 e. The van der Waals surface area contributed by atoms with Gasteiger partial charge in [0, 0.05) is 54.8 Å². The number of fused-ring (bicyclic) bond motifs is 1. The van der Waals surface area contributed by atoms with Gasteiger partial charge in [-0.3, -0.25) is 15.0 Å². The Bertz CT molecular complexity index is 1350. The largest absolute Gasteiger partial charge is 0.379 e. The van der Waals surface area contributed by atoms with Gasteiger partial charge in [0.05, 0.1) is 31.0 Å². The Morgan fingerprint density at radius 2 is 2.10 bits per heavy atom. The maximum absolute atomic E-state index is 13.1. The third-order valence-electron chi connectivity index (χ3n) is 7.99.